The molecule has 0 amide bonds. The van der Waals surface area contributed by atoms with Crippen molar-refractivity contribution in [2.24, 2.45) is 5.73 Å². The van der Waals surface area contributed by atoms with Crippen LogP contribution in [0.25, 0.3) is 0 Å². The van der Waals surface area contributed by atoms with Crippen molar-refractivity contribution in [2.45, 2.75) is 19.9 Å². The van der Waals surface area contributed by atoms with Crippen LogP contribution in [0.4, 0.5) is 15.8 Å². The molecule has 0 bridgehead atoms. The Morgan fingerprint density at radius 1 is 1.16 bits per heavy atom. The maximum Gasteiger partial charge on any atom is 0.125 e. The molecule has 0 aromatic heterocycles. The van der Waals surface area contributed by atoms with E-state index in [-0.39, 0.29) is 5.82 Å². The summed E-state index contributed by atoms with van der Waals surface area (Å²) in [6.07, 6.45) is 0.966. The number of halogens is 1. The van der Waals surface area contributed by atoms with E-state index >= 15 is 0 Å². The van der Waals surface area contributed by atoms with E-state index < -0.39 is 0 Å². The van der Waals surface area contributed by atoms with Gasteiger partial charge in [-0.2, -0.15) is 0 Å². The van der Waals surface area contributed by atoms with Gasteiger partial charge in [0.2, 0.25) is 0 Å². The molecule has 0 spiro atoms. The average molecular weight is 256 g/mol. The molecular weight excluding hydrogens is 239 g/mol. The van der Waals surface area contributed by atoms with Crippen LogP contribution in [0.2, 0.25) is 0 Å². The van der Waals surface area contributed by atoms with Crippen LogP contribution in [0.3, 0.4) is 0 Å². The first-order valence-corrected chi connectivity index (χ1v) is 6.54. The van der Waals surface area contributed by atoms with Crippen molar-refractivity contribution < 1.29 is 4.39 Å². The number of aryl methyl sites for hydroxylation is 1. The Morgan fingerprint density at radius 2 is 2.00 bits per heavy atom. The standard InChI is InChI=1S/C16H17FN2/c1-11-8-12(10-18)2-5-15(11)19-7-6-13-3-4-14(17)9-16(13)19/h2-5,8-9H,6-7,10,18H2,1H3. The topological polar surface area (TPSA) is 29.3 Å². The molecule has 98 valence electrons. The number of hydrogen-bond donors (Lipinski definition) is 1. The van der Waals surface area contributed by atoms with Gasteiger partial charge in [-0.1, -0.05) is 18.2 Å². The molecule has 0 saturated heterocycles. The van der Waals surface area contributed by atoms with Gasteiger partial charge in [0.1, 0.15) is 5.82 Å². The normalized spacial score (nSPS) is 13.7. The summed E-state index contributed by atoms with van der Waals surface area (Å²) in [5, 5.41) is 0. The third-order valence-electron chi connectivity index (χ3n) is 3.73. The molecule has 0 saturated carbocycles. The summed E-state index contributed by atoms with van der Waals surface area (Å²) < 4.78 is 13.4. The maximum atomic E-state index is 13.4. The van der Waals surface area contributed by atoms with Crippen molar-refractivity contribution in [3.05, 3.63) is 58.9 Å². The highest BCUT2D eigenvalue weighted by Gasteiger charge is 2.22. The first-order valence-electron chi connectivity index (χ1n) is 6.54. The molecule has 3 heteroatoms. The third-order valence-corrected chi connectivity index (χ3v) is 3.73. The van der Waals surface area contributed by atoms with Crippen LogP contribution in [0, 0.1) is 12.7 Å². The highest BCUT2D eigenvalue weighted by Crippen LogP contribution is 2.36. The Balaban J connectivity index is 2.04. The van der Waals surface area contributed by atoms with Crippen LogP contribution < -0.4 is 10.6 Å². The molecule has 1 aliphatic rings. The Kier molecular flexibility index (Phi) is 2.99. The number of rotatable bonds is 2. The van der Waals surface area contributed by atoms with E-state index in [1.165, 1.54) is 17.2 Å². The van der Waals surface area contributed by atoms with Crippen LogP contribution in [0.1, 0.15) is 16.7 Å². The predicted octanol–water partition coefficient (Wildman–Crippen LogP) is 3.29. The van der Waals surface area contributed by atoms with Gasteiger partial charge in [0.05, 0.1) is 0 Å². The van der Waals surface area contributed by atoms with E-state index in [9.17, 15) is 4.39 Å². The van der Waals surface area contributed by atoms with E-state index in [4.69, 9.17) is 5.73 Å². The van der Waals surface area contributed by atoms with Crippen LogP contribution in [0.5, 0.6) is 0 Å². The highest BCUT2D eigenvalue weighted by molar-refractivity contribution is 5.72. The van der Waals surface area contributed by atoms with Gasteiger partial charge < -0.3 is 10.6 Å². The number of nitrogens with zero attached hydrogens (tertiary/aromatic N) is 1. The summed E-state index contributed by atoms with van der Waals surface area (Å²) in [5.74, 6) is -0.179. The average Bonchev–Trinajstić information content (AvgIpc) is 2.81. The van der Waals surface area contributed by atoms with E-state index in [1.54, 1.807) is 6.07 Å². The Labute approximate surface area is 112 Å². The van der Waals surface area contributed by atoms with Gasteiger partial charge in [-0.3, -0.25) is 0 Å². The Morgan fingerprint density at radius 3 is 2.74 bits per heavy atom. The lowest BCUT2D eigenvalue weighted by Crippen LogP contribution is -2.15. The minimum atomic E-state index is -0.179. The molecule has 2 aromatic rings. The Hall–Kier alpha value is -1.87. The van der Waals surface area contributed by atoms with Gasteiger partial charge in [0, 0.05) is 24.5 Å². The van der Waals surface area contributed by atoms with Gasteiger partial charge in [0.25, 0.3) is 0 Å². The number of fused-ring (bicyclic) bond motifs is 1. The number of benzene rings is 2. The number of hydrogen-bond acceptors (Lipinski definition) is 2. The molecule has 2 nitrogen and oxygen atoms in total. The summed E-state index contributed by atoms with van der Waals surface area (Å²) in [6.45, 7) is 3.53. The lowest BCUT2D eigenvalue weighted by atomic mass is 10.1. The second-order valence-electron chi connectivity index (χ2n) is 5.00. The molecule has 0 radical (unpaired) electrons. The number of nitrogens with two attached hydrogens (primary N) is 1. The summed E-state index contributed by atoms with van der Waals surface area (Å²) in [5.41, 5.74) is 11.3. The van der Waals surface area contributed by atoms with Crippen LogP contribution in [0.15, 0.2) is 36.4 Å². The van der Waals surface area contributed by atoms with Crippen molar-refractivity contribution in [1.82, 2.24) is 0 Å². The fourth-order valence-corrected chi connectivity index (χ4v) is 2.75. The monoisotopic (exact) mass is 256 g/mol. The molecule has 0 unspecified atom stereocenters. The van der Waals surface area contributed by atoms with Crippen molar-refractivity contribution in [3.8, 4) is 0 Å². The first-order chi connectivity index (χ1) is 9.19. The van der Waals surface area contributed by atoms with E-state index in [1.807, 2.05) is 12.1 Å². The van der Waals surface area contributed by atoms with Gasteiger partial charge in [0.15, 0.2) is 0 Å². The summed E-state index contributed by atoms with van der Waals surface area (Å²) in [4.78, 5) is 2.19. The van der Waals surface area contributed by atoms with Crippen molar-refractivity contribution in [1.29, 1.82) is 0 Å². The molecule has 1 heterocycles. The lowest BCUT2D eigenvalue weighted by molar-refractivity contribution is 0.628. The molecule has 2 aromatic carbocycles. The largest absolute Gasteiger partial charge is 0.341 e. The van der Waals surface area contributed by atoms with E-state index in [2.05, 4.69) is 24.0 Å². The van der Waals surface area contributed by atoms with E-state index in [0.717, 1.165) is 29.9 Å². The number of anilines is 2. The smallest absolute Gasteiger partial charge is 0.125 e. The highest BCUT2D eigenvalue weighted by atomic mass is 19.1. The third kappa shape index (κ3) is 2.10. The first kappa shape index (κ1) is 12.2. The fraction of sp³-hybridized carbons (Fsp3) is 0.250. The predicted molar refractivity (Wildman–Crippen MR) is 76.2 cm³/mol. The fourth-order valence-electron chi connectivity index (χ4n) is 2.75. The van der Waals surface area contributed by atoms with Gasteiger partial charge in [-0.05, 0) is 48.2 Å². The molecule has 1 aliphatic heterocycles. The van der Waals surface area contributed by atoms with Crippen molar-refractivity contribution in [2.75, 3.05) is 11.4 Å². The van der Waals surface area contributed by atoms with Gasteiger partial charge >= 0.3 is 0 Å². The zero-order valence-corrected chi connectivity index (χ0v) is 11.0. The molecule has 0 aliphatic carbocycles. The molecule has 0 atom stereocenters. The molecular formula is C16H17FN2. The van der Waals surface area contributed by atoms with Crippen molar-refractivity contribution >= 4 is 11.4 Å². The Bertz CT molecular complexity index is 622. The zero-order valence-electron chi connectivity index (χ0n) is 11.0. The molecule has 19 heavy (non-hydrogen) atoms. The summed E-state index contributed by atoms with van der Waals surface area (Å²) >= 11 is 0. The molecule has 0 fully saturated rings. The summed E-state index contributed by atoms with van der Waals surface area (Å²) in [7, 11) is 0. The van der Waals surface area contributed by atoms with E-state index in [0.29, 0.717) is 6.54 Å². The van der Waals surface area contributed by atoms with Crippen LogP contribution in [-0.2, 0) is 13.0 Å². The lowest BCUT2D eigenvalue weighted by Gasteiger charge is -2.22. The molecule has 2 N–H and O–H groups in total. The second kappa shape index (κ2) is 4.67. The SMILES string of the molecule is Cc1cc(CN)ccc1N1CCc2ccc(F)cc21. The zero-order chi connectivity index (χ0) is 13.4. The quantitative estimate of drug-likeness (QED) is 0.893. The summed E-state index contributed by atoms with van der Waals surface area (Å²) in [6, 6.07) is 11.3. The van der Waals surface area contributed by atoms with Crippen LogP contribution in [-0.4, -0.2) is 6.54 Å². The van der Waals surface area contributed by atoms with Gasteiger partial charge in [-0.15, -0.1) is 0 Å². The van der Waals surface area contributed by atoms with Crippen LogP contribution >= 0.6 is 0 Å². The van der Waals surface area contributed by atoms with Gasteiger partial charge in [-0.25, -0.2) is 4.39 Å². The van der Waals surface area contributed by atoms with Crippen molar-refractivity contribution in [3.63, 3.8) is 0 Å². The minimum absolute atomic E-state index is 0.179. The second-order valence-corrected chi connectivity index (χ2v) is 5.00. The molecule has 3 rings (SSSR count). The minimum Gasteiger partial charge on any atom is -0.341 e. The maximum absolute atomic E-state index is 13.4.